The quantitative estimate of drug-likeness (QED) is 0.472. The van der Waals surface area contributed by atoms with Crippen molar-refractivity contribution in [3.8, 4) is 5.75 Å². The molecule has 0 fully saturated rings. The second-order valence-electron chi connectivity index (χ2n) is 3.24. The third-order valence-corrected chi connectivity index (χ3v) is 2.63. The number of alkyl halides is 2. The molecule has 1 N–H and O–H groups in total. The minimum Gasteiger partial charge on any atom is -0.432 e. The second-order valence-corrected chi connectivity index (χ2v) is 4.22. The molecule has 0 bridgehead atoms. The summed E-state index contributed by atoms with van der Waals surface area (Å²) in [7, 11) is 0. The molecule has 0 aliphatic heterocycles. The van der Waals surface area contributed by atoms with Crippen LogP contribution in [0, 0.1) is 10.1 Å². The highest BCUT2D eigenvalue weighted by atomic mass is 32.2. The van der Waals surface area contributed by atoms with Crippen LogP contribution in [0.4, 0.5) is 20.2 Å². The van der Waals surface area contributed by atoms with Gasteiger partial charge in [0.2, 0.25) is 0 Å². The predicted molar refractivity (Wildman–Crippen MR) is 66.6 cm³/mol. The van der Waals surface area contributed by atoms with E-state index < -0.39 is 11.5 Å². The highest BCUT2D eigenvalue weighted by molar-refractivity contribution is 7.98. The van der Waals surface area contributed by atoms with Gasteiger partial charge in [0.1, 0.15) is 0 Å². The van der Waals surface area contributed by atoms with Gasteiger partial charge in [0, 0.05) is 18.4 Å². The molecule has 0 heterocycles. The molecule has 1 rings (SSSR count). The van der Waals surface area contributed by atoms with E-state index in [1.54, 1.807) is 11.8 Å². The van der Waals surface area contributed by atoms with E-state index >= 15 is 0 Å². The Kier molecular flexibility index (Phi) is 5.63. The summed E-state index contributed by atoms with van der Waals surface area (Å²) >= 11 is 1.59. The maximum atomic E-state index is 12.2. The summed E-state index contributed by atoms with van der Waals surface area (Å²) in [5.74, 6) is 0.561. The second kappa shape index (κ2) is 7.00. The van der Waals surface area contributed by atoms with E-state index in [4.69, 9.17) is 0 Å². The van der Waals surface area contributed by atoms with Gasteiger partial charge in [-0.1, -0.05) is 0 Å². The highest BCUT2D eigenvalue weighted by Crippen LogP contribution is 2.30. The number of hydrogen-bond donors (Lipinski definition) is 1. The van der Waals surface area contributed by atoms with Gasteiger partial charge in [0.25, 0.3) is 5.69 Å². The number of nitrogens with one attached hydrogen (secondary N) is 1. The molecule has 0 spiro atoms. The number of non-ortho nitro benzene ring substituents is 1. The number of halogens is 2. The number of nitro benzene ring substituents is 1. The fourth-order valence-corrected chi connectivity index (χ4v) is 1.56. The van der Waals surface area contributed by atoms with Crippen LogP contribution in [-0.4, -0.2) is 30.1 Å². The van der Waals surface area contributed by atoms with Crippen LogP contribution in [-0.2, 0) is 0 Å². The number of rotatable bonds is 7. The van der Waals surface area contributed by atoms with E-state index in [1.165, 1.54) is 12.1 Å². The first-order valence-corrected chi connectivity index (χ1v) is 6.40. The number of ether oxygens (including phenoxy) is 1. The van der Waals surface area contributed by atoms with E-state index in [2.05, 4.69) is 10.1 Å². The lowest BCUT2D eigenvalue weighted by Gasteiger charge is -2.12. The molecule has 18 heavy (non-hydrogen) atoms. The molecule has 1 aromatic rings. The van der Waals surface area contributed by atoms with Gasteiger partial charge in [-0.15, -0.1) is 0 Å². The predicted octanol–water partition coefficient (Wildman–Crippen LogP) is 2.97. The number of nitro groups is 1. The first-order valence-electron chi connectivity index (χ1n) is 5.00. The van der Waals surface area contributed by atoms with Crippen molar-refractivity contribution in [3.63, 3.8) is 0 Å². The number of thioether (sulfide) groups is 1. The Labute approximate surface area is 107 Å². The molecular formula is C10H12F2N2O3S. The molecule has 0 saturated heterocycles. The van der Waals surface area contributed by atoms with Crippen LogP contribution in [0.2, 0.25) is 0 Å². The largest absolute Gasteiger partial charge is 0.432 e. The molecule has 0 radical (unpaired) electrons. The van der Waals surface area contributed by atoms with Crippen molar-refractivity contribution >= 4 is 23.1 Å². The van der Waals surface area contributed by atoms with Crippen molar-refractivity contribution in [1.82, 2.24) is 0 Å². The topological polar surface area (TPSA) is 64.4 Å². The summed E-state index contributed by atoms with van der Waals surface area (Å²) in [4.78, 5) is 9.89. The summed E-state index contributed by atoms with van der Waals surface area (Å²) in [6, 6.07) is 3.57. The molecule has 100 valence electrons. The molecule has 0 unspecified atom stereocenters. The van der Waals surface area contributed by atoms with Crippen LogP contribution < -0.4 is 10.1 Å². The first-order chi connectivity index (χ1) is 8.54. The zero-order valence-electron chi connectivity index (χ0n) is 9.56. The Morgan fingerprint density at radius 3 is 2.83 bits per heavy atom. The Morgan fingerprint density at radius 2 is 2.28 bits per heavy atom. The maximum absolute atomic E-state index is 12.2. The Morgan fingerprint density at radius 1 is 1.56 bits per heavy atom. The van der Waals surface area contributed by atoms with Crippen LogP contribution in [0.3, 0.4) is 0 Å². The molecule has 5 nitrogen and oxygen atoms in total. The SMILES string of the molecule is CSCCNc1ccc([N+](=O)[O-])cc1OC(F)F. The number of anilines is 1. The van der Waals surface area contributed by atoms with Crippen LogP contribution in [0.15, 0.2) is 18.2 Å². The third kappa shape index (κ3) is 4.36. The molecule has 0 aliphatic carbocycles. The maximum Gasteiger partial charge on any atom is 0.387 e. The smallest absolute Gasteiger partial charge is 0.387 e. The van der Waals surface area contributed by atoms with Crippen LogP contribution in [0.5, 0.6) is 5.75 Å². The molecular weight excluding hydrogens is 266 g/mol. The molecule has 0 saturated carbocycles. The van der Waals surface area contributed by atoms with Crippen molar-refractivity contribution in [2.75, 3.05) is 23.9 Å². The van der Waals surface area contributed by atoms with E-state index in [0.717, 1.165) is 11.8 Å². The lowest BCUT2D eigenvalue weighted by Crippen LogP contribution is -2.09. The van der Waals surface area contributed by atoms with E-state index in [9.17, 15) is 18.9 Å². The van der Waals surface area contributed by atoms with Gasteiger partial charge < -0.3 is 10.1 Å². The lowest BCUT2D eigenvalue weighted by molar-refractivity contribution is -0.385. The zero-order chi connectivity index (χ0) is 13.5. The van der Waals surface area contributed by atoms with Crippen LogP contribution >= 0.6 is 11.8 Å². The molecule has 8 heteroatoms. The van der Waals surface area contributed by atoms with E-state index in [1.807, 2.05) is 6.26 Å². The third-order valence-electron chi connectivity index (χ3n) is 2.01. The van der Waals surface area contributed by atoms with Crippen molar-refractivity contribution in [2.45, 2.75) is 6.61 Å². The normalized spacial score (nSPS) is 10.4. The average molecular weight is 278 g/mol. The lowest BCUT2D eigenvalue weighted by atomic mass is 10.2. The number of hydrogen-bond acceptors (Lipinski definition) is 5. The van der Waals surface area contributed by atoms with Gasteiger partial charge in [-0.2, -0.15) is 20.5 Å². The fourth-order valence-electron chi connectivity index (χ4n) is 1.25. The summed E-state index contributed by atoms with van der Waals surface area (Å²) < 4.78 is 28.7. The molecule has 0 atom stereocenters. The minimum atomic E-state index is -3.02. The van der Waals surface area contributed by atoms with Crippen molar-refractivity contribution < 1.29 is 18.4 Å². The summed E-state index contributed by atoms with van der Waals surface area (Å²) in [6.07, 6.45) is 1.91. The molecule has 0 aromatic heterocycles. The van der Waals surface area contributed by atoms with Gasteiger partial charge in [0.05, 0.1) is 16.7 Å². The van der Waals surface area contributed by atoms with Gasteiger partial charge >= 0.3 is 6.61 Å². The number of benzene rings is 1. The van der Waals surface area contributed by atoms with Crippen molar-refractivity contribution in [1.29, 1.82) is 0 Å². The summed E-state index contributed by atoms with van der Waals surface area (Å²) in [5.41, 5.74) is 0.0241. The Hall–Kier alpha value is -1.57. The molecule has 0 amide bonds. The fraction of sp³-hybridized carbons (Fsp3) is 0.400. The summed E-state index contributed by atoms with van der Waals surface area (Å²) in [5, 5.41) is 13.4. The van der Waals surface area contributed by atoms with Crippen molar-refractivity contribution in [2.24, 2.45) is 0 Å². The van der Waals surface area contributed by atoms with E-state index in [0.29, 0.717) is 12.2 Å². The van der Waals surface area contributed by atoms with Gasteiger partial charge in [-0.05, 0) is 12.3 Å². The summed E-state index contributed by atoms with van der Waals surface area (Å²) in [6.45, 7) is -2.47. The standard InChI is InChI=1S/C10H12F2N2O3S/c1-18-5-4-13-8-3-2-7(14(15)16)6-9(8)17-10(11)12/h2-3,6,10,13H,4-5H2,1H3. The average Bonchev–Trinajstić information content (AvgIpc) is 2.30. The Bertz CT molecular complexity index is 418. The van der Waals surface area contributed by atoms with Gasteiger partial charge in [0.15, 0.2) is 5.75 Å². The van der Waals surface area contributed by atoms with E-state index in [-0.39, 0.29) is 11.4 Å². The van der Waals surface area contributed by atoms with Gasteiger partial charge in [-0.25, -0.2) is 0 Å². The monoisotopic (exact) mass is 278 g/mol. The molecule has 0 aliphatic rings. The van der Waals surface area contributed by atoms with Gasteiger partial charge in [-0.3, -0.25) is 10.1 Å². The molecule has 1 aromatic carbocycles. The van der Waals surface area contributed by atoms with Crippen LogP contribution in [0.25, 0.3) is 0 Å². The first kappa shape index (κ1) is 14.5. The van der Waals surface area contributed by atoms with Crippen molar-refractivity contribution in [3.05, 3.63) is 28.3 Å². The Balaban J connectivity index is 2.89. The van der Waals surface area contributed by atoms with Crippen LogP contribution in [0.1, 0.15) is 0 Å². The minimum absolute atomic E-state index is 0.222. The highest BCUT2D eigenvalue weighted by Gasteiger charge is 2.15. The zero-order valence-corrected chi connectivity index (χ0v) is 10.4. The number of nitrogens with zero attached hydrogens (tertiary/aromatic N) is 1.